The second-order valence-electron chi connectivity index (χ2n) is 3.79. The summed E-state index contributed by atoms with van der Waals surface area (Å²) in [6.07, 6.45) is 0.0363. The highest BCUT2D eigenvalue weighted by Crippen LogP contribution is 2.11. The predicted octanol–water partition coefficient (Wildman–Crippen LogP) is 0.0931. The number of nitrogens with one attached hydrogen (secondary N) is 1. The van der Waals surface area contributed by atoms with Gasteiger partial charge < -0.3 is 15.5 Å². The first-order valence-electron chi connectivity index (χ1n) is 5.22. The maximum atomic E-state index is 11.1. The molecule has 0 fully saturated rings. The molecule has 6 nitrogen and oxygen atoms in total. The number of ketones is 1. The summed E-state index contributed by atoms with van der Waals surface area (Å²) in [7, 11) is 0. The first-order valence-corrected chi connectivity index (χ1v) is 5.22. The van der Waals surface area contributed by atoms with E-state index in [1.54, 1.807) is 12.1 Å². The van der Waals surface area contributed by atoms with Crippen LogP contribution in [0.5, 0.6) is 5.75 Å². The third kappa shape index (κ3) is 3.89. The van der Waals surface area contributed by atoms with Crippen LogP contribution in [0.15, 0.2) is 24.3 Å². The van der Waals surface area contributed by atoms with Crippen molar-refractivity contribution in [3.8, 4) is 5.75 Å². The van der Waals surface area contributed by atoms with Crippen LogP contribution in [0.25, 0.3) is 0 Å². The summed E-state index contributed by atoms with van der Waals surface area (Å²) in [4.78, 5) is 32.9. The van der Waals surface area contributed by atoms with Gasteiger partial charge in [-0.15, -0.1) is 0 Å². The van der Waals surface area contributed by atoms with Gasteiger partial charge in [0.05, 0.1) is 0 Å². The molecule has 18 heavy (non-hydrogen) atoms. The van der Waals surface area contributed by atoms with Gasteiger partial charge >= 0.3 is 5.97 Å². The quantitative estimate of drug-likeness (QED) is 0.643. The van der Waals surface area contributed by atoms with E-state index in [-0.39, 0.29) is 12.2 Å². The number of benzene rings is 1. The van der Waals surface area contributed by atoms with Gasteiger partial charge in [0.1, 0.15) is 11.8 Å². The minimum absolute atomic E-state index is 0.0363. The molecule has 1 aromatic carbocycles. The van der Waals surface area contributed by atoms with Crippen molar-refractivity contribution in [2.75, 3.05) is 0 Å². The summed E-state index contributed by atoms with van der Waals surface area (Å²) in [5, 5.41) is 20.2. The second-order valence-corrected chi connectivity index (χ2v) is 3.79. The van der Waals surface area contributed by atoms with E-state index in [9.17, 15) is 14.4 Å². The summed E-state index contributed by atoms with van der Waals surface area (Å²) < 4.78 is 0. The van der Waals surface area contributed by atoms with Crippen LogP contribution in [0, 0.1) is 0 Å². The lowest BCUT2D eigenvalue weighted by Gasteiger charge is -2.13. The fourth-order valence-electron chi connectivity index (χ4n) is 1.33. The molecule has 0 aliphatic heterocycles. The fourth-order valence-corrected chi connectivity index (χ4v) is 1.33. The largest absolute Gasteiger partial charge is 0.508 e. The monoisotopic (exact) mass is 251 g/mol. The number of rotatable bonds is 5. The Bertz CT molecular complexity index is 466. The molecule has 1 aromatic rings. The van der Waals surface area contributed by atoms with Gasteiger partial charge in [0, 0.05) is 13.3 Å². The minimum atomic E-state index is -1.22. The first kappa shape index (κ1) is 13.7. The van der Waals surface area contributed by atoms with Crippen LogP contribution in [0.3, 0.4) is 0 Å². The highest BCUT2D eigenvalue weighted by Gasteiger charge is 2.22. The number of aliphatic carboxylic acids is 1. The number of hydrogen-bond donors (Lipinski definition) is 3. The zero-order valence-electron chi connectivity index (χ0n) is 9.71. The highest BCUT2D eigenvalue weighted by molar-refractivity contribution is 6.35. The molecule has 0 bridgehead atoms. The van der Waals surface area contributed by atoms with E-state index in [4.69, 9.17) is 10.2 Å². The molecule has 1 amide bonds. The summed E-state index contributed by atoms with van der Waals surface area (Å²) in [5.74, 6) is -2.83. The number of phenolic OH excluding ortho intramolecular Hbond substituents is 1. The standard InChI is InChI=1S/C12H13NO5/c1-7(14)11(16)13-10(12(17)18)6-8-2-4-9(15)5-3-8/h2-5,10,15H,6H2,1H3,(H,13,16)(H,17,18)/t10-/m0/s1. The third-order valence-corrected chi connectivity index (χ3v) is 2.30. The molecule has 1 atom stereocenters. The molecule has 0 saturated carbocycles. The number of carboxylic acid groups (broad SMARTS) is 1. The van der Waals surface area contributed by atoms with Crippen LogP contribution >= 0.6 is 0 Å². The van der Waals surface area contributed by atoms with E-state index in [0.29, 0.717) is 5.56 Å². The van der Waals surface area contributed by atoms with Crippen LogP contribution in [0.1, 0.15) is 12.5 Å². The van der Waals surface area contributed by atoms with Crippen molar-refractivity contribution >= 4 is 17.7 Å². The van der Waals surface area contributed by atoms with E-state index in [2.05, 4.69) is 5.32 Å². The van der Waals surface area contributed by atoms with Crippen molar-refractivity contribution in [2.24, 2.45) is 0 Å². The molecule has 1 rings (SSSR count). The summed E-state index contributed by atoms with van der Waals surface area (Å²) in [5.41, 5.74) is 0.629. The molecule has 0 aromatic heterocycles. The molecule has 96 valence electrons. The van der Waals surface area contributed by atoms with Gasteiger partial charge in [-0.1, -0.05) is 12.1 Å². The molecular formula is C12H13NO5. The minimum Gasteiger partial charge on any atom is -0.508 e. The fraction of sp³-hybridized carbons (Fsp3) is 0.250. The number of Topliss-reactive ketones (excluding diaryl/α,β-unsaturated/α-hetero) is 1. The Hall–Kier alpha value is -2.37. The molecular weight excluding hydrogens is 238 g/mol. The van der Waals surface area contributed by atoms with Gasteiger partial charge in [-0.3, -0.25) is 9.59 Å². The van der Waals surface area contributed by atoms with Gasteiger partial charge in [0.15, 0.2) is 0 Å². The average molecular weight is 251 g/mol. The number of phenols is 1. The van der Waals surface area contributed by atoms with E-state index in [1.807, 2.05) is 0 Å². The predicted molar refractivity (Wildman–Crippen MR) is 62.1 cm³/mol. The summed E-state index contributed by atoms with van der Waals surface area (Å²) >= 11 is 0. The number of carbonyl (C=O) groups excluding carboxylic acids is 2. The molecule has 0 spiro atoms. The third-order valence-electron chi connectivity index (χ3n) is 2.30. The Balaban J connectivity index is 2.75. The van der Waals surface area contributed by atoms with Crippen molar-refractivity contribution in [1.82, 2.24) is 5.32 Å². The Morgan fingerprint density at radius 3 is 2.22 bits per heavy atom. The SMILES string of the molecule is CC(=O)C(=O)N[C@@H](Cc1ccc(O)cc1)C(=O)O. The van der Waals surface area contributed by atoms with Gasteiger partial charge in [-0.2, -0.15) is 0 Å². The van der Waals surface area contributed by atoms with Crippen molar-refractivity contribution < 1.29 is 24.6 Å². The first-order chi connectivity index (χ1) is 8.40. The zero-order chi connectivity index (χ0) is 13.7. The number of carbonyl (C=O) groups is 3. The van der Waals surface area contributed by atoms with Crippen molar-refractivity contribution in [1.29, 1.82) is 0 Å². The van der Waals surface area contributed by atoms with E-state index in [0.717, 1.165) is 6.92 Å². The molecule has 0 unspecified atom stereocenters. The maximum absolute atomic E-state index is 11.1. The van der Waals surface area contributed by atoms with E-state index < -0.39 is 23.7 Å². The number of aromatic hydroxyl groups is 1. The Morgan fingerprint density at radius 1 is 1.22 bits per heavy atom. The van der Waals surface area contributed by atoms with Crippen LogP contribution in [-0.2, 0) is 20.8 Å². The van der Waals surface area contributed by atoms with Gasteiger partial charge in [0.25, 0.3) is 5.91 Å². The normalized spacial score (nSPS) is 11.6. The van der Waals surface area contributed by atoms with Crippen molar-refractivity contribution in [3.05, 3.63) is 29.8 Å². The van der Waals surface area contributed by atoms with Crippen LogP contribution in [0.4, 0.5) is 0 Å². The van der Waals surface area contributed by atoms with Crippen LogP contribution in [-0.4, -0.2) is 33.9 Å². The lowest BCUT2D eigenvalue weighted by Crippen LogP contribution is -2.44. The zero-order valence-corrected chi connectivity index (χ0v) is 9.71. The van der Waals surface area contributed by atoms with Gasteiger partial charge in [-0.05, 0) is 17.7 Å². The smallest absolute Gasteiger partial charge is 0.326 e. The summed E-state index contributed by atoms with van der Waals surface area (Å²) in [6, 6.07) is 4.75. The highest BCUT2D eigenvalue weighted by atomic mass is 16.4. The molecule has 0 aliphatic rings. The topological polar surface area (TPSA) is 104 Å². The average Bonchev–Trinajstić information content (AvgIpc) is 2.30. The molecule has 6 heteroatoms. The number of amides is 1. The van der Waals surface area contributed by atoms with E-state index in [1.165, 1.54) is 12.1 Å². The lowest BCUT2D eigenvalue weighted by molar-refractivity contribution is -0.143. The maximum Gasteiger partial charge on any atom is 0.326 e. The van der Waals surface area contributed by atoms with Crippen LogP contribution in [0.2, 0.25) is 0 Å². The van der Waals surface area contributed by atoms with Crippen molar-refractivity contribution in [3.63, 3.8) is 0 Å². The molecule has 0 aliphatic carbocycles. The van der Waals surface area contributed by atoms with E-state index >= 15 is 0 Å². The van der Waals surface area contributed by atoms with Gasteiger partial charge in [0.2, 0.25) is 5.78 Å². The number of hydrogen-bond acceptors (Lipinski definition) is 4. The molecule has 0 saturated heterocycles. The molecule has 0 radical (unpaired) electrons. The Morgan fingerprint density at radius 2 is 1.78 bits per heavy atom. The van der Waals surface area contributed by atoms with Crippen LogP contribution < -0.4 is 5.32 Å². The molecule has 0 heterocycles. The Labute approximate surface area is 103 Å². The van der Waals surface area contributed by atoms with Crippen molar-refractivity contribution in [2.45, 2.75) is 19.4 Å². The number of carboxylic acids is 1. The second kappa shape index (κ2) is 5.81. The molecule has 3 N–H and O–H groups in total. The summed E-state index contributed by atoms with van der Waals surface area (Å²) in [6.45, 7) is 1.06. The van der Waals surface area contributed by atoms with Gasteiger partial charge in [-0.25, -0.2) is 4.79 Å². The lowest BCUT2D eigenvalue weighted by atomic mass is 10.1. The Kier molecular flexibility index (Phi) is 4.42.